The van der Waals surface area contributed by atoms with Gasteiger partial charge in [-0.05, 0) is 36.4 Å². The first-order valence-corrected chi connectivity index (χ1v) is 10.4. The van der Waals surface area contributed by atoms with Gasteiger partial charge in [-0.15, -0.1) is 0 Å². The Balaban J connectivity index is 1.37. The highest BCUT2D eigenvalue weighted by atomic mass is 32.2. The van der Waals surface area contributed by atoms with Crippen molar-refractivity contribution >= 4 is 15.8 Å². The van der Waals surface area contributed by atoms with E-state index in [1.165, 1.54) is 24.3 Å². The van der Waals surface area contributed by atoms with Gasteiger partial charge in [0, 0.05) is 18.0 Å². The summed E-state index contributed by atoms with van der Waals surface area (Å²) >= 11 is 0. The van der Waals surface area contributed by atoms with E-state index in [2.05, 4.69) is 15.1 Å². The Labute approximate surface area is 171 Å². The standard InChI is InChI=1S/C20H15N3O6S/c24-20(27-12-18-22-19(23-29-18)14-5-4-10-21-11-14)17-9-8-15(28-17)13-30(25,26)16-6-2-1-3-7-16/h1-11H,12-13H2. The zero-order chi connectivity index (χ0) is 21.0. The molecule has 0 bridgehead atoms. The molecule has 9 nitrogen and oxygen atoms in total. The first-order chi connectivity index (χ1) is 14.5. The van der Waals surface area contributed by atoms with Gasteiger partial charge in [-0.25, -0.2) is 13.2 Å². The number of sulfone groups is 1. The third kappa shape index (κ3) is 4.44. The number of aromatic nitrogens is 3. The molecule has 0 amide bonds. The Kier molecular flexibility index (Phi) is 5.40. The highest BCUT2D eigenvalue weighted by molar-refractivity contribution is 7.90. The number of pyridine rings is 1. The molecule has 3 aromatic heterocycles. The van der Waals surface area contributed by atoms with Crippen LogP contribution in [0.1, 0.15) is 22.2 Å². The Hall–Kier alpha value is -3.79. The molecule has 0 saturated carbocycles. The maximum atomic E-state index is 12.4. The summed E-state index contributed by atoms with van der Waals surface area (Å²) < 4.78 is 40.3. The van der Waals surface area contributed by atoms with Gasteiger partial charge in [0.25, 0.3) is 5.89 Å². The monoisotopic (exact) mass is 425 g/mol. The lowest BCUT2D eigenvalue weighted by Crippen LogP contribution is -2.05. The number of benzene rings is 1. The van der Waals surface area contributed by atoms with Crippen molar-refractivity contribution in [3.05, 3.63) is 84.4 Å². The van der Waals surface area contributed by atoms with Crippen molar-refractivity contribution in [3.8, 4) is 11.4 Å². The molecule has 0 spiro atoms. The smallest absolute Gasteiger partial charge is 0.374 e. The van der Waals surface area contributed by atoms with E-state index >= 15 is 0 Å². The van der Waals surface area contributed by atoms with Crippen LogP contribution in [-0.4, -0.2) is 29.5 Å². The highest BCUT2D eigenvalue weighted by Gasteiger charge is 2.20. The third-order valence-corrected chi connectivity index (χ3v) is 5.67. The average molecular weight is 425 g/mol. The van der Waals surface area contributed by atoms with Crippen molar-refractivity contribution in [2.24, 2.45) is 0 Å². The Morgan fingerprint density at radius 3 is 2.63 bits per heavy atom. The lowest BCUT2D eigenvalue weighted by molar-refractivity contribution is 0.0392. The van der Waals surface area contributed by atoms with Crippen LogP contribution in [-0.2, 0) is 26.9 Å². The summed E-state index contributed by atoms with van der Waals surface area (Å²) in [5, 5.41) is 3.80. The molecule has 0 aliphatic heterocycles. The van der Waals surface area contributed by atoms with Gasteiger partial charge in [-0.3, -0.25) is 4.98 Å². The quantitative estimate of drug-likeness (QED) is 0.411. The van der Waals surface area contributed by atoms with E-state index in [9.17, 15) is 13.2 Å². The second kappa shape index (κ2) is 8.29. The summed E-state index contributed by atoms with van der Waals surface area (Å²) in [4.78, 5) is 20.4. The van der Waals surface area contributed by atoms with Gasteiger partial charge in [-0.2, -0.15) is 4.98 Å². The zero-order valence-corrected chi connectivity index (χ0v) is 16.3. The lowest BCUT2D eigenvalue weighted by atomic mass is 10.3. The molecule has 3 heterocycles. The molecule has 30 heavy (non-hydrogen) atoms. The molecule has 0 saturated heterocycles. The summed E-state index contributed by atoms with van der Waals surface area (Å²) in [6.45, 7) is -0.259. The van der Waals surface area contributed by atoms with E-state index in [0.29, 0.717) is 11.4 Å². The Morgan fingerprint density at radius 1 is 1.03 bits per heavy atom. The maximum absolute atomic E-state index is 12.4. The minimum atomic E-state index is -3.59. The van der Waals surface area contributed by atoms with Crippen molar-refractivity contribution in [1.82, 2.24) is 15.1 Å². The van der Waals surface area contributed by atoms with E-state index in [-0.39, 0.29) is 34.7 Å². The van der Waals surface area contributed by atoms with E-state index in [4.69, 9.17) is 13.7 Å². The van der Waals surface area contributed by atoms with Gasteiger partial charge in [0.05, 0.1) is 4.90 Å². The summed E-state index contributed by atoms with van der Waals surface area (Å²) in [6.07, 6.45) is 3.20. The summed E-state index contributed by atoms with van der Waals surface area (Å²) in [5.41, 5.74) is 0.661. The number of carbonyl (C=O) groups is 1. The number of carbonyl (C=O) groups excluding carboxylic acids is 1. The second-order valence-electron chi connectivity index (χ2n) is 6.17. The topological polar surface area (TPSA) is 125 Å². The number of ether oxygens (including phenoxy) is 1. The van der Waals surface area contributed by atoms with E-state index in [1.54, 1.807) is 42.7 Å². The van der Waals surface area contributed by atoms with Gasteiger partial charge in [-0.1, -0.05) is 23.4 Å². The fraction of sp³-hybridized carbons (Fsp3) is 0.100. The summed E-state index contributed by atoms with van der Waals surface area (Å²) in [6, 6.07) is 14.3. The zero-order valence-electron chi connectivity index (χ0n) is 15.5. The predicted molar refractivity (Wildman–Crippen MR) is 103 cm³/mol. The number of esters is 1. The molecule has 1 aromatic carbocycles. The van der Waals surface area contributed by atoms with E-state index in [0.717, 1.165) is 0 Å². The van der Waals surface area contributed by atoms with Crippen LogP contribution in [0.5, 0.6) is 0 Å². The van der Waals surface area contributed by atoms with Gasteiger partial charge < -0.3 is 13.7 Å². The molecule has 0 unspecified atom stereocenters. The minimum absolute atomic E-state index is 0.0978. The van der Waals surface area contributed by atoms with Crippen molar-refractivity contribution in [2.75, 3.05) is 0 Å². The van der Waals surface area contributed by atoms with Crippen LogP contribution in [0.25, 0.3) is 11.4 Å². The fourth-order valence-electron chi connectivity index (χ4n) is 2.59. The molecule has 0 radical (unpaired) electrons. The van der Waals surface area contributed by atoms with E-state index < -0.39 is 15.8 Å². The third-order valence-electron chi connectivity index (χ3n) is 4.01. The Morgan fingerprint density at radius 2 is 1.87 bits per heavy atom. The molecule has 0 aliphatic rings. The maximum Gasteiger partial charge on any atom is 0.374 e. The van der Waals surface area contributed by atoms with Gasteiger partial charge in [0.2, 0.25) is 11.6 Å². The van der Waals surface area contributed by atoms with Crippen LogP contribution in [0.2, 0.25) is 0 Å². The van der Waals surface area contributed by atoms with Crippen LogP contribution in [0.15, 0.2) is 80.8 Å². The normalized spacial score (nSPS) is 11.3. The number of furan rings is 1. The molecule has 10 heteroatoms. The largest absolute Gasteiger partial charge is 0.453 e. The number of rotatable bonds is 7. The molecule has 0 N–H and O–H groups in total. The number of nitrogens with zero attached hydrogens (tertiary/aromatic N) is 3. The van der Waals surface area contributed by atoms with Crippen molar-refractivity contribution in [2.45, 2.75) is 17.3 Å². The van der Waals surface area contributed by atoms with Crippen molar-refractivity contribution in [1.29, 1.82) is 0 Å². The van der Waals surface area contributed by atoms with Gasteiger partial charge >= 0.3 is 5.97 Å². The summed E-state index contributed by atoms with van der Waals surface area (Å²) in [5.74, 6) is -0.731. The van der Waals surface area contributed by atoms with Crippen LogP contribution >= 0.6 is 0 Å². The van der Waals surface area contributed by atoms with Crippen LogP contribution in [0, 0.1) is 0 Å². The summed E-state index contributed by atoms with van der Waals surface area (Å²) in [7, 11) is -3.59. The van der Waals surface area contributed by atoms with E-state index in [1.807, 2.05) is 0 Å². The molecule has 0 atom stereocenters. The molecule has 152 valence electrons. The molecule has 4 rings (SSSR count). The molecule has 0 aliphatic carbocycles. The SMILES string of the molecule is O=C(OCc1nc(-c2cccnc2)no1)c1ccc(CS(=O)(=O)c2ccccc2)o1. The van der Waals surface area contributed by atoms with Gasteiger partial charge in [0.1, 0.15) is 11.5 Å². The van der Waals surface area contributed by atoms with Crippen molar-refractivity contribution in [3.63, 3.8) is 0 Å². The first-order valence-electron chi connectivity index (χ1n) is 8.78. The number of hydrogen-bond donors (Lipinski definition) is 0. The van der Waals surface area contributed by atoms with Crippen LogP contribution in [0.3, 0.4) is 0 Å². The molecular weight excluding hydrogens is 410 g/mol. The first kappa shape index (κ1) is 19.5. The fourth-order valence-corrected chi connectivity index (χ4v) is 3.86. The minimum Gasteiger partial charge on any atom is -0.453 e. The number of hydrogen-bond acceptors (Lipinski definition) is 9. The highest BCUT2D eigenvalue weighted by Crippen LogP contribution is 2.19. The van der Waals surface area contributed by atoms with Crippen molar-refractivity contribution < 1.29 is 26.9 Å². The van der Waals surface area contributed by atoms with Crippen LogP contribution < -0.4 is 0 Å². The molecule has 4 aromatic rings. The molecule has 0 fully saturated rings. The average Bonchev–Trinajstić information content (AvgIpc) is 3.43. The van der Waals surface area contributed by atoms with Gasteiger partial charge in [0.15, 0.2) is 16.4 Å². The Bertz CT molecular complexity index is 1250. The van der Waals surface area contributed by atoms with Crippen LogP contribution in [0.4, 0.5) is 0 Å². The predicted octanol–water partition coefficient (Wildman–Crippen LogP) is 3.06. The molecular formula is C20H15N3O6S. The second-order valence-corrected chi connectivity index (χ2v) is 8.16. The lowest BCUT2D eigenvalue weighted by Gasteiger charge is -2.02.